The maximum Gasteiger partial charge on any atom is 0.160 e. The number of carbonyl (C=O) groups is 1. The second-order valence-electron chi connectivity index (χ2n) is 2.59. The number of hydrogen-bond donors (Lipinski definition) is 0. The molecule has 1 fully saturated rings. The van der Waals surface area contributed by atoms with Crippen molar-refractivity contribution in [1.29, 1.82) is 0 Å². The minimum Gasteiger partial charge on any atom is -0.297 e. The maximum atomic E-state index is 11.1. The van der Waals surface area contributed by atoms with Crippen LogP contribution in [0.4, 0.5) is 0 Å². The van der Waals surface area contributed by atoms with Crippen LogP contribution >= 0.6 is 15.9 Å². The molecule has 0 aromatic heterocycles. The Morgan fingerprint density at radius 1 is 1.80 bits per heavy atom. The van der Waals surface area contributed by atoms with Crippen LogP contribution in [0.2, 0.25) is 0 Å². The minimum atomic E-state index is 0.121. The molecular weight excluding hydrogens is 194 g/mol. The molecule has 0 aromatic rings. The number of alkyl halides is 1. The molecular formula is C7H12BrNO. The third kappa shape index (κ3) is 1.80. The highest BCUT2D eigenvalue weighted by Gasteiger charge is 2.23. The lowest BCUT2D eigenvalue weighted by Crippen LogP contribution is -2.40. The molecule has 3 heteroatoms. The van der Waals surface area contributed by atoms with Gasteiger partial charge in [-0.05, 0) is 13.0 Å². The van der Waals surface area contributed by atoms with Crippen LogP contribution in [0, 0.1) is 0 Å². The summed E-state index contributed by atoms with van der Waals surface area (Å²) in [6, 6.07) is 0. The first kappa shape index (κ1) is 8.21. The van der Waals surface area contributed by atoms with Crippen molar-refractivity contribution in [2.24, 2.45) is 0 Å². The number of Topliss-reactive ketones (excluding diaryl/α,β-unsaturated/α-hetero) is 1. The Morgan fingerprint density at radius 3 is 3.00 bits per heavy atom. The Balaban J connectivity index is 2.41. The molecule has 1 rings (SSSR count). The molecule has 0 aromatic carbocycles. The van der Waals surface area contributed by atoms with Gasteiger partial charge >= 0.3 is 0 Å². The van der Waals surface area contributed by atoms with Crippen molar-refractivity contribution in [3.05, 3.63) is 0 Å². The Labute approximate surface area is 69.7 Å². The summed E-state index contributed by atoms with van der Waals surface area (Å²) in [7, 11) is 0. The Bertz CT molecular complexity index is 138. The van der Waals surface area contributed by atoms with E-state index in [9.17, 15) is 4.79 Å². The zero-order valence-corrected chi connectivity index (χ0v) is 7.73. The van der Waals surface area contributed by atoms with E-state index in [2.05, 4.69) is 27.8 Å². The van der Waals surface area contributed by atoms with Crippen LogP contribution in [0.25, 0.3) is 0 Å². The number of halogens is 1. The molecule has 1 atom stereocenters. The quantitative estimate of drug-likeness (QED) is 0.597. The molecule has 1 aliphatic rings. The topological polar surface area (TPSA) is 20.3 Å². The molecule has 0 saturated carbocycles. The van der Waals surface area contributed by atoms with E-state index < -0.39 is 0 Å². The number of likely N-dealkylation sites (N-methyl/N-ethyl adjacent to an activating group) is 1. The summed E-state index contributed by atoms with van der Waals surface area (Å²) in [5, 5.41) is 0. The fourth-order valence-corrected chi connectivity index (χ4v) is 1.47. The monoisotopic (exact) mass is 205 g/mol. The Kier molecular flexibility index (Phi) is 2.86. The Morgan fingerprint density at radius 2 is 2.50 bits per heavy atom. The summed E-state index contributed by atoms with van der Waals surface area (Å²) >= 11 is 3.33. The second-order valence-corrected chi connectivity index (χ2v) is 3.70. The van der Waals surface area contributed by atoms with Crippen molar-refractivity contribution in [3.8, 4) is 0 Å². The number of hydrogen-bond acceptors (Lipinski definition) is 2. The van der Waals surface area contributed by atoms with Gasteiger partial charge in [0.2, 0.25) is 0 Å². The third-order valence-corrected chi connectivity index (χ3v) is 2.84. The van der Waals surface area contributed by atoms with Crippen molar-refractivity contribution in [3.63, 3.8) is 0 Å². The number of rotatable bonds is 1. The normalized spacial score (nSPS) is 29.0. The van der Waals surface area contributed by atoms with Crippen LogP contribution in [-0.4, -0.2) is 35.1 Å². The van der Waals surface area contributed by atoms with Gasteiger partial charge in [0, 0.05) is 6.54 Å². The van der Waals surface area contributed by atoms with E-state index in [1.807, 2.05) is 0 Å². The van der Waals surface area contributed by atoms with Gasteiger partial charge in [-0.3, -0.25) is 9.69 Å². The molecule has 0 amide bonds. The molecule has 1 heterocycles. The van der Waals surface area contributed by atoms with Crippen LogP contribution in [0.15, 0.2) is 0 Å². The predicted molar refractivity (Wildman–Crippen MR) is 44.5 cm³/mol. The van der Waals surface area contributed by atoms with Crippen molar-refractivity contribution < 1.29 is 4.79 Å². The summed E-state index contributed by atoms with van der Waals surface area (Å²) in [5.41, 5.74) is 0. The highest BCUT2D eigenvalue weighted by Crippen LogP contribution is 2.13. The average molecular weight is 206 g/mol. The summed E-state index contributed by atoms with van der Waals surface area (Å²) in [5.74, 6) is 0.327. The fraction of sp³-hybridized carbons (Fsp3) is 0.857. The van der Waals surface area contributed by atoms with Gasteiger partial charge in [0.05, 0.1) is 11.4 Å². The van der Waals surface area contributed by atoms with E-state index in [1.54, 1.807) is 0 Å². The van der Waals surface area contributed by atoms with Gasteiger partial charge in [-0.25, -0.2) is 0 Å². The van der Waals surface area contributed by atoms with Crippen LogP contribution in [0.1, 0.15) is 13.3 Å². The van der Waals surface area contributed by atoms with Gasteiger partial charge in [0.15, 0.2) is 5.78 Å². The number of piperidine rings is 1. The molecule has 0 radical (unpaired) electrons. The standard InChI is InChI=1S/C7H12BrNO/c1-2-9-4-3-6(8)7(10)5-9/h6H,2-5H2,1H3. The maximum absolute atomic E-state index is 11.1. The first-order valence-corrected chi connectivity index (χ1v) is 4.54. The number of ketones is 1. The smallest absolute Gasteiger partial charge is 0.160 e. The first-order valence-electron chi connectivity index (χ1n) is 3.63. The van der Waals surface area contributed by atoms with Crippen LogP contribution in [0.5, 0.6) is 0 Å². The lowest BCUT2D eigenvalue weighted by molar-refractivity contribution is -0.121. The zero-order valence-electron chi connectivity index (χ0n) is 6.14. The van der Waals surface area contributed by atoms with Gasteiger partial charge in [-0.2, -0.15) is 0 Å². The van der Waals surface area contributed by atoms with E-state index in [0.29, 0.717) is 12.3 Å². The molecule has 58 valence electrons. The van der Waals surface area contributed by atoms with Gasteiger partial charge < -0.3 is 0 Å². The summed E-state index contributed by atoms with van der Waals surface area (Å²) in [6.45, 7) is 4.76. The lowest BCUT2D eigenvalue weighted by Gasteiger charge is -2.26. The summed E-state index contributed by atoms with van der Waals surface area (Å²) in [4.78, 5) is 13.4. The van der Waals surface area contributed by atoms with E-state index in [0.717, 1.165) is 19.5 Å². The molecule has 0 spiro atoms. The largest absolute Gasteiger partial charge is 0.297 e. The van der Waals surface area contributed by atoms with Crippen LogP contribution in [0.3, 0.4) is 0 Å². The second kappa shape index (κ2) is 3.49. The van der Waals surface area contributed by atoms with Crippen molar-refractivity contribution in [1.82, 2.24) is 4.90 Å². The molecule has 0 aliphatic carbocycles. The van der Waals surface area contributed by atoms with Crippen molar-refractivity contribution in [2.45, 2.75) is 18.2 Å². The average Bonchev–Trinajstić information content (AvgIpc) is 1.95. The summed E-state index contributed by atoms with van der Waals surface area (Å²) in [6.07, 6.45) is 0.965. The van der Waals surface area contributed by atoms with Crippen molar-refractivity contribution in [2.75, 3.05) is 19.6 Å². The van der Waals surface area contributed by atoms with E-state index >= 15 is 0 Å². The van der Waals surface area contributed by atoms with E-state index in [4.69, 9.17) is 0 Å². The zero-order chi connectivity index (χ0) is 7.56. The van der Waals surface area contributed by atoms with E-state index in [-0.39, 0.29) is 4.83 Å². The van der Waals surface area contributed by atoms with E-state index in [1.165, 1.54) is 0 Å². The molecule has 2 nitrogen and oxygen atoms in total. The van der Waals surface area contributed by atoms with Gasteiger partial charge in [-0.15, -0.1) is 0 Å². The first-order chi connectivity index (χ1) is 4.74. The predicted octanol–water partition coefficient (Wildman–Crippen LogP) is 1.04. The molecule has 0 N–H and O–H groups in total. The highest BCUT2D eigenvalue weighted by atomic mass is 79.9. The highest BCUT2D eigenvalue weighted by molar-refractivity contribution is 9.10. The van der Waals surface area contributed by atoms with Crippen LogP contribution in [-0.2, 0) is 4.79 Å². The molecule has 1 aliphatic heterocycles. The minimum absolute atomic E-state index is 0.121. The lowest BCUT2D eigenvalue weighted by atomic mass is 10.1. The van der Waals surface area contributed by atoms with Crippen molar-refractivity contribution >= 4 is 21.7 Å². The summed E-state index contributed by atoms with van der Waals surface area (Å²) < 4.78 is 0. The number of carbonyl (C=O) groups excluding carboxylic acids is 1. The fourth-order valence-electron chi connectivity index (χ4n) is 1.13. The number of likely N-dealkylation sites (tertiary alicyclic amines) is 1. The Hall–Kier alpha value is 0.110. The van der Waals surface area contributed by atoms with Crippen LogP contribution < -0.4 is 0 Å². The molecule has 10 heavy (non-hydrogen) atoms. The molecule has 1 unspecified atom stereocenters. The van der Waals surface area contributed by atoms with Gasteiger partial charge in [0.25, 0.3) is 0 Å². The molecule has 0 bridgehead atoms. The molecule has 1 saturated heterocycles. The third-order valence-electron chi connectivity index (χ3n) is 1.87. The van der Waals surface area contributed by atoms with Gasteiger partial charge in [-0.1, -0.05) is 22.9 Å². The SMILES string of the molecule is CCN1CCC(Br)C(=O)C1. The van der Waals surface area contributed by atoms with Gasteiger partial charge in [0.1, 0.15) is 0 Å². The number of nitrogens with zero attached hydrogens (tertiary/aromatic N) is 1.